The zero-order chi connectivity index (χ0) is 13.3. The minimum Gasteiger partial charge on any atom is -0.481 e. The largest absolute Gasteiger partial charge is 0.481 e. The molecule has 0 amide bonds. The monoisotopic (exact) mass is 258 g/mol. The van der Waals surface area contributed by atoms with Crippen LogP contribution in [0.5, 0.6) is 0 Å². The molecule has 1 N–H and O–H groups in total. The first-order valence-corrected chi connectivity index (χ1v) is 4.66. The van der Waals surface area contributed by atoms with E-state index in [1.54, 1.807) is 0 Å². The zero-order valence-corrected chi connectivity index (χ0v) is 8.65. The maximum atomic E-state index is 12.9. The van der Waals surface area contributed by atoms with Crippen LogP contribution in [0.25, 0.3) is 11.4 Å². The van der Waals surface area contributed by atoms with E-state index in [0.717, 1.165) is 0 Å². The van der Waals surface area contributed by atoms with Gasteiger partial charge in [-0.3, -0.25) is 4.79 Å². The van der Waals surface area contributed by atoms with Crippen molar-refractivity contribution in [2.45, 2.75) is 6.42 Å². The molecule has 0 atom stereocenters. The summed E-state index contributed by atoms with van der Waals surface area (Å²) in [5, 5.41) is 11.8. The fraction of sp³-hybridized carbons (Fsp3) is 0.100. The molecular formula is C10H5F3N2O3. The summed E-state index contributed by atoms with van der Waals surface area (Å²) < 4.78 is 43.2. The number of benzene rings is 1. The van der Waals surface area contributed by atoms with Crippen molar-refractivity contribution in [2.75, 3.05) is 0 Å². The van der Waals surface area contributed by atoms with Crippen LogP contribution in [0.2, 0.25) is 0 Å². The van der Waals surface area contributed by atoms with E-state index < -0.39 is 29.8 Å². The summed E-state index contributed by atoms with van der Waals surface area (Å²) in [6.45, 7) is 0. The highest BCUT2D eigenvalue weighted by Crippen LogP contribution is 2.21. The van der Waals surface area contributed by atoms with Crippen molar-refractivity contribution in [3.63, 3.8) is 0 Å². The second kappa shape index (κ2) is 4.47. The molecule has 0 aliphatic heterocycles. The third-order valence-electron chi connectivity index (χ3n) is 2.01. The SMILES string of the molecule is O=C(O)Cc1nc(-c2cc(F)c(F)c(F)c2)no1. The van der Waals surface area contributed by atoms with Crippen molar-refractivity contribution < 1.29 is 27.6 Å². The summed E-state index contributed by atoms with van der Waals surface area (Å²) in [4.78, 5) is 14.0. The minimum absolute atomic E-state index is 0.146. The number of halogens is 3. The van der Waals surface area contributed by atoms with E-state index in [9.17, 15) is 18.0 Å². The highest BCUT2D eigenvalue weighted by atomic mass is 19.2. The Labute approximate surface area is 97.9 Å². The Kier molecular flexibility index (Phi) is 3.00. The fourth-order valence-electron chi connectivity index (χ4n) is 1.26. The number of aliphatic carboxylic acids is 1. The predicted molar refractivity (Wildman–Crippen MR) is 50.9 cm³/mol. The summed E-state index contributed by atoms with van der Waals surface area (Å²) in [6, 6.07) is 1.38. The van der Waals surface area contributed by atoms with E-state index in [0.29, 0.717) is 12.1 Å². The quantitative estimate of drug-likeness (QED) is 0.849. The van der Waals surface area contributed by atoms with Crippen molar-refractivity contribution in [2.24, 2.45) is 0 Å². The standard InChI is InChI=1S/C10H5F3N2O3/c11-5-1-4(2-6(12)9(5)13)10-14-7(18-15-10)3-8(16)17/h1-2H,3H2,(H,16,17). The Balaban J connectivity index is 2.37. The molecule has 8 heteroatoms. The van der Waals surface area contributed by atoms with Gasteiger partial charge in [-0.05, 0) is 12.1 Å². The van der Waals surface area contributed by atoms with Crippen LogP contribution < -0.4 is 0 Å². The molecule has 0 saturated heterocycles. The molecule has 0 spiro atoms. The van der Waals surface area contributed by atoms with Gasteiger partial charge in [0.2, 0.25) is 11.7 Å². The van der Waals surface area contributed by atoms with Gasteiger partial charge in [-0.15, -0.1) is 0 Å². The molecule has 1 aromatic heterocycles. The Morgan fingerprint density at radius 3 is 2.44 bits per heavy atom. The molecule has 0 aliphatic carbocycles. The van der Waals surface area contributed by atoms with E-state index in [2.05, 4.69) is 14.7 Å². The van der Waals surface area contributed by atoms with Crippen LogP contribution in [-0.4, -0.2) is 21.2 Å². The average Bonchev–Trinajstić information content (AvgIpc) is 2.72. The molecule has 1 heterocycles. The van der Waals surface area contributed by atoms with Gasteiger partial charge in [0.25, 0.3) is 0 Å². The predicted octanol–water partition coefficient (Wildman–Crippen LogP) is 1.78. The molecule has 18 heavy (non-hydrogen) atoms. The summed E-state index contributed by atoms with van der Waals surface area (Å²) in [5.41, 5.74) is -0.146. The van der Waals surface area contributed by atoms with E-state index >= 15 is 0 Å². The van der Waals surface area contributed by atoms with Crippen molar-refractivity contribution in [3.8, 4) is 11.4 Å². The normalized spacial score (nSPS) is 10.6. The van der Waals surface area contributed by atoms with E-state index in [1.807, 2.05) is 0 Å². The molecule has 0 saturated carbocycles. The molecular weight excluding hydrogens is 253 g/mol. The smallest absolute Gasteiger partial charge is 0.312 e. The van der Waals surface area contributed by atoms with Crippen LogP contribution in [0.3, 0.4) is 0 Å². The highest BCUT2D eigenvalue weighted by molar-refractivity contribution is 5.69. The molecule has 0 radical (unpaired) electrons. The zero-order valence-electron chi connectivity index (χ0n) is 8.65. The van der Waals surface area contributed by atoms with Gasteiger partial charge in [0, 0.05) is 5.56 Å². The second-order valence-corrected chi connectivity index (χ2v) is 3.34. The van der Waals surface area contributed by atoms with Crippen molar-refractivity contribution in [3.05, 3.63) is 35.5 Å². The number of rotatable bonds is 3. The lowest BCUT2D eigenvalue weighted by atomic mass is 10.2. The topological polar surface area (TPSA) is 76.2 Å². The summed E-state index contributed by atoms with van der Waals surface area (Å²) in [7, 11) is 0. The van der Waals surface area contributed by atoms with Crippen molar-refractivity contribution in [1.29, 1.82) is 0 Å². The molecule has 0 aliphatic rings. The lowest BCUT2D eigenvalue weighted by molar-refractivity contribution is -0.136. The van der Waals surface area contributed by atoms with Crippen LogP contribution in [0.4, 0.5) is 13.2 Å². The first kappa shape index (κ1) is 12.1. The maximum absolute atomic E-state index is 12.9. The first-order chi connectivity index (χ1) is 8.47. The van der Waals surface area contributed by atoms with Crippen molar-refractivity contribution >= 4 is 5.97 Å². The Morgan fingerprint density at radius 2 is 1.89 bits per heavy atom. The molecule has 0 bridgehead atoms. The van der Waals surface area contributed by atoms with Gasteiger partial charge in [-0.25, -0.2) is 13.2 Å². The van der Waals surface area contributed by atoms with Gasteiger partial charge in [-0.1, -0.05) is 5.16 Å². The van der Waals surface area contributed by atoms with Crippen molar-refractivity contribution in [1.82, 2.24) is 10.1 Å². The number of nitrogens with zero attached hydrogens (tertiary/aromatic N) is 2. The van der Waals surface area contributed by atoms with E-state index in [1.165, 1.54) is 0 Å². The van der Waals surface area contributed by atoms with E-state index in [4.69, 9.17) is 5.11 Å². The number of carbonyl (C=O) groups is 1. The van der Waals surface area contributed by atoms with Gasteiger partial charge < -0.3 is 9.63 Å². The van der Waals surface area contributed by atoms with Crippen LogP contribution in [0, 0.1) is 17.5 Å². The first-order valence-electron chi connectivity index (χ1n) is 4.66. The number of aromatic nitrogens is 2. The van der Waals surface area contributed by atoms with Gasteiger partial charge in [-0.2, -0.15) is 4.98 Å². The summed E-state index contributed by atoms with van der Waals surface area (Å²) in [6.07, 6.45) is -0.515. The van der Waals surface area contributed by atoms with Crippen LogP contribution in [-0.2, 0) is 11.2 Å². The third kappa shape index (κ3) is 2.31. The average molecular weight is 258 g/mol. The Hall–Kier alpha value is -2.38. The number of carboxylic acid groups (broad SMARTS) is 1. The fourth-order valence-corrected chi connectivity index (χ4v) is 1.26. The second-order valence-electron chi connectivity index (χ2n) is 3.34. The molecule has 0 unspecified atom stereocenters. The number of carboxylic acids is 1. The molecule has 94 valence electrons. The van der Waals surface area contributed by atoms with Crippen LogP contribution in [0.1, 0.15) is 5.89 Å². The Bertz CT molecular complexity index is 589. The third-order valence-corrected chi connectivity index (χ3v) is 2.01. The van der Waals surface area contributed by atoms with Crippen LogP contribution >= 0.6 is 0 Å². The van der Waals surface area contributed by atoms with Gasteiger partial charge in [0.1, 0.15) is 6.42 Å². The maximum Gasteiger partial charge on any atom is 0.312 e. The molecule has 2 rings (SSSR count). The Morgan fingerprint density at radius 1 is 1.28 bits per heavy atom. The van der Waals surface area contributed by atoms with E-state index in [-0.39, 0.29) is 17.3 Å². The highest BCUT2D eigenvalue weighted by Gasteiger charge is 2.16. The van der Waals surface area contributed by atoms with Gasteiger partial charge in [0.05, 0.1) is 0 Å². The number of hydrogen-bond acceptors (Lipinski definition) is 4. The molecule has 5 nitrogen and oxygen atoms in total. The molecule has 1 aromatic carbocycles. The lowest BCUT2D eigenvalue weighted by Gasteiger charge is -1.97. The van der Waals surface area contributed by atoms with Gasteiger partial charge >= 0.3 is 5.97 Å². The summed E-state index contributed by atoms with van der Waals surface area (Å²) >= 11 is 0. The van der Waals surface area contributed by atoms with Crippen LogP contribution in [0.15, 0.2) is 16.7 Å². The molecule has 0 fully saturated rings. The van der Waals surface area contributed by atoms with Gasteiger partial charge in [0.15, 0.2) is 17.5 Å². The number of hydrogen-bond donors (Lipinski definition) is 1. The minimum atomic E-state index is -1.60. The molecule has 2 aromatic rings. The lowest BCUT2D eigenvalue weighted by Crippen LogP contribution is -2.00. The summed E-state index contributed by atoms with van der Waals surface area (Å²) in [5.74, 6) is -6.02.